The zero-order valence-corrected chi connectivity index (χ0v) is 14.4. The molecule has 4 nitrogen and oxygen atoms in total. The first kappa shape index (κ1) is 16.1. The zero-order chi connectivity index (χ0) is 16.8. The molecule has 1 heterocycles. The summed E-state index contributed by atoms with van der Waals surface area (Å²) in [5.41, 5.74) is 0.818. The monoisotopic (exact) mass is 365 g/mol. The summed E-state index contributed by atoms with van der Waals surface area (Å²) in [5.74, 6) is -0.249. The quantitative estimate of drug-likeness (QED) is 0.718. The van der Waals surface area contributed by atoms with Gasteiger partial charge in [-0.1, -0.05) is 29.8 Å². The number of halogens is 1. The molecule has 2 aromatic carbocycles. The van der Waals surface area contributed by atoms with Crippen LogP contribution in [0.3, 0.4) is 0 Å². The van der Waals surface area contributed by atoms with Crippen LogP contribution in [-0.4, -0.2) is 14.2 Å². The van der Waals surface area contributed by atoms with E-state index in [1.165, 1.54) is 29.5 Å². The molecule has 0 saturated carbocycles. The van der Waals surface area contributed by atoms with Crippen molar-refractivity contribution in [1.82, 2.24) is 0 Å². The van der Waals surface area contributed by atoms with Crippen molar-refractivity contribution >= 4 is 48.8 Å². The van der Waals surface area contributed by atoms with Gasteiger partial charge in [0.25, 0.3) is 0 Å². The van der Waals surface area contributed by atoms with Gasteiger partial charge in [0.15, 0.2) is 5.78 Å². The fourth-order valence-corrected chi connectivity index (χ4v) is 4.59. The second kappa shape index (κ2) is 5.72. The Bertz CT molecular complexity index is 1040. The molecule has 0 aliphatic heterocycles. The summed E-state index contributed by atoms with van der Waals surface area (Å²) in [6.07, 6.45) is 0. The van der Waals surface area contributed by atoms with Crippen molar-refractivity contribution in [1.29, 1.82) is 0 Å². The van der Waals surface area contributed by atoms with Crippen molar-refractivity contribution in [3.63, 3.8) is 0 Å². The number of fused-ring (bicyclic) bond motifs is 1. The normalized spacial score (nSPS) is 11.8. The molecule has 0 unspecified atom stereocenters. The number of rotatable bonds is 3. The number of hydrogen-bond donors (Lipinski definition) is 1. The summed E-state index contributed by atoms with van der Waals surface area (Å²) in [6.45, 7) is 1.87. The number of hydrogen-bond acceptors (Lipinski definition) is 4. The van der Waals surface area contributed by atoms with E-state index in [4.69, 9.17) is 16.7 Å². The van der Waals surface area contributed by atoms with E-state index >= 15 is 0 Å². The molecular formula is C16H12ClNO3S2. The molecule has 1 aromatic heterocycles. The fraction of sp³-hybridized carbons (Fsp3) is 0.0625. The van der Waals surface area contributed by atoms with Crippen molar-refractivity contribution in [2.24, 2.45) is 5.14 Å². The summed E-state index contributed by atoms with van der Waals surface area (Å²) in [6, 6.07) is 11.7. The lowest BCUT2D eigenvalue weighted by Crippen LogP contribution is -2.14. The Morgan fingerprint density at radius 3 is 2.57 bits per heavy atom. The Labute approximate surface area is 142 Å². The highest BCUT2D eigenvalue weighted by Gasteiger charge is 2.21. The van der Waals surface area contributed by atoms with Crippen LogP contribution in [0, 0.1) is 6.92 Å². The Kier molecular flexibility index (Phi) is 4.01. The minimum absolute atomic E-state index is 0.00375. The first-order valence-corrected chi connectivity index (χ1v) is 9.38. The maximum atomic E-state index is 12.9. The zero-order valence-electron chi connectivity index (χ0n) is 12.0. The fourth-order valence-electron chi connectivity index (χ4n) is 2.46. The SMILES string of the molecule is Cc1sc2ccccc2c1C(=O)c1ccc(Cl)c(S(N)(=O)=O)c1. The van der Waals surface area contributed by atoms with Gasteiger partial charge in [0.2, 0.25) is 10.0 Å². The molecule has 0 saturated heterocycles. The van der Waals surface area contributed by atoms with Crippen LogP contribution >= 0.6 is 22.9 Å². The average Bonchev–Trinajstić information content (AvgIpc) is 2.81. The maximum absolute atomic E-state index is 12.9. The van der Waals surface area contributed by atoms with Gasteiger partial charge in [-0.15, -0.1) is 11.3 Å². The van der Waals surface area contributed by atoms with E-state index in [0.29, 0.717) is 5.56 Å². The minimum atomic E-state index is -3.99. The number of sulfonamides is 1. The molecule has 0 fully saturated rings. The number of aryl methyl sites for hydroxylation is 1. The standard InChI is InChI=1S/C16H12ClNO3S2/c1-9-15(11-4-2-3-5-13(11)22-9)16(19)10-6-7-12(17)14(8-10)23(18,20)21/h2-8H,1H3,(H2,18,20,21). The number of carbonyl (C=O) groups is 1. The predicted molar refractivity (Wildman–Crippen MR) is 92.8 cm³/mol. The largest absolute Gasteiger partial charge is 0.289 e. The van der Waals surface area contributed by atoms with Crippen molar-refractivity contribution in [3.8, 4) is 0 Å². The van der Waals surface area contributed by atoms with Crippen LogP contribution < -0.4 is 5.14 Å². The highest BCUT2D eigenvalue weighted by Crippen LogP contribution is 2.33. The van der Waals surface area contributed by atoms with Crippen LogP contribution in [0.5, 0.6) is 0 Å². The van der Waals surface area contributed by atoms with Gasteiger partial charge in [0.05, 0.1) is 5.02 Å². The minimum Gasteiger partial charge on any atom is -0.289 e. The molecule has 2 N–H and O–H groups in total. The van der Waals surface area contributed by atoms with Gasteiger partial charge in [-0.25, -0.2) is 13.6 Å². The lowest BCUT2D eigenvalue weighted by molar-refractivity contribution is 0.104. The number of carbonyl (C=O) groups excluding carboxylic acids is 1. The third kappa shape index (κ3) is 2.90. The number of ketones is 1. The lowest BCUT2D eigenvalue weighted by atomic mass is 10.0. The van der Waals surface area contributed by atoms with E-state index in [-0.39, 0.29) is 21.3 Å². The molecule has 0 atom stereocenters. The smallest absolute Gasteiger partial charge is 0.239 e. The van der Waals surface area contributed by atoms with E-state index in [9.17, 15) is 13.2 Å². The Balaban J connectivity index is 2.19. The first-order chi connectivity index (χ1) is 10.8. The van der Waals surface area contributed by atoms with Crippen LogP contribution in [0.25, 0.3) is 10.1 Å². The predicted octanol–water partition coefficient (Wildman–Crippen LogP) is 3.74. The maximum Gasteiger partial charge on any atom is 0.239 e. The van der Waals surface area contributed by atoms with Gasteiger partial charge in [-0.05, 0) is 31.2 Å². The van der Waals surface area contributed by atoms with E-state index in [0.717, 1.165) is 15.0 Å². The van der Waals surface area contributed by atoms with Crippen molar-refractivity contribution in [2.75, 3.05) is 0 Å². The molecule has 3 rings (SSSR count). The van der Waals surface area contributed by atoms with Gasteiger partial charge in [-0.2, -0.15) is 0 Å². The summed E-state index contributed by atoms with van der Waals surface area (Å²) >= 11 is 7.39. The summed E-state index contributed by atoms with van der Waals surface area (Å²) in [7, 11) is -3.99. The van der Waals surface area contributed by atoms with Crippen molar-refractivity contribution < 1.29 is 13.2 Å². The molecule has 118 valence electrons. The van der Waals surface area contributed by atoms with Gasteiger partial charge in [0.1, 0.15) is 4.90 Å². The highest BCUT2D eigenvalue weighted by molar-refractivity contribution is 7.89. The number of nitrogens with two attached hydrogens (primary N) is 1. The molecule has 3 aromatic rings. The number of benzene rings is 2. The van der Waals surface area contributed by atoms with Gasteiger partial charge < -0.3 is 0 Å². The van der Waals surface area contributed by atoms with Crippen LogP contribution in [0.2, 0.25) is 5.02 Å². The van der Waals surface area contributed by atoms with E-state index in [1.54, 1.807) is 0 Å². The van der Waals surface area contributed by atoms with E-state index in [2.05, 4.69) is 0 Å². The molecule has 0 bridgehead atoms. The molecule has 0 amide bonds. The van der Waals surface area contributed by atoms with Gasteiger partial charge in [0, 0.05) is 26.1 Å². The molecule has 0 spiro atoms. The van der Waals surface area contributed by atoms with Crippen LogP contribution in [0.4, 0.5) is 0 Å². The van der Waals surface area contributed by atoms with Crippen molar-refractivity contribution in [3.05, 3.63) is 63.5 Å². The first-order valence-electron chi connectivity index (χ1n) is 6.64. The molecule has 7 heteroatoms. The molecule has 0 aliphatic rings. The van der Waals surface area contributed by atoms with Crippen molar-refractivity contribution in [2.45, 2.75) is 11.8 Å². The lowest BCUT2D eigenvalue weighted by Gasteiger charge is -2.06. The Morgan fingerprint density at radius 1 is 1.17 bits per heavy atom. The summed E-state index contributed by atoms with van der Waals surface area (Å²) < 4.78 is 24.2. The second-order valence-electron chi connectivity index (χ2n) is 5.05. The molecule has 23 heavy (non-hydrogen) atoms. The molecule has 0 radical (unpaired) electrons. The summed E-state index contributed by atoms with van der Waals surface area (Å²) in [4.78, 5) is 13.5. The topological polar surface area (TPSA) is 77.2 Å². The second-order valence-corrected chi connectivity index (χ2v) is 8.24. The van der Waals surface area contributed by atoms with Gasteiger partial charge in [-0.3, -0.25) is 4.79 Å². The molecular weight excluding hydrogens is 354 g/mol. The number of thiophene rings is 1. The van der Waals surface area contributed by atoms with E-state index in [1.807, 2.05) is 31.2 Å². The van der Waals surface area contributed by atoms with Crippen LogP contribution in [-0.2, 0) is 10.0 Å². The molecule has 0 aliphatic carbocycles. The Hall–Kier alpha value is -1.73. The van der Waals surface area contributed by atoms with Crippen LogP contribution in [0.1, 0.15) is 20.8 Å². The third-order valence-electron chi connectivity index (χ3n) is 3.50. The average molecular weight is 366 g/mol. The Morgan fingerprint density at radius 2 is 1.87 bits per heavy atom. The number of primary sulfonamides is 1. The third-order valence-corrected chi connectivity index (χ3v) is 5.98. The van der Waals surface area contributed by atoms with E-state index < -0.39 is 10.0 Å². The van der Waals surface area contributed by atoms with Gasteiger partial charge >= 0.3 is 0 Å². The van der Waals surface area contributed by atoms with Crippen LogP contribution in [0.15, 0.2) is 47.4 Å². The summed E-state index contributed by atoms with van der Waals surface area (Å²) in [5, 5.41) is 5.99. The highest BCUT2D eigenvalue weighted by atomic mass is 35.5.